The van der Waals surface area contributed by atoms with Crippen molar-refractivity contribution in [1.29, 1.82) is 0 Å². The molecule has 0 spiro atoms. The van der Waals surface area contributed by atoms with Gasteiger partial charge < -0.3 is 0 Å². The third-order valence-corrected chi connectivity index (χ3v) is 11.5. The topological polar surface area (TPSA) is 34.1 Å². The van der Waals surface area contributed by atoms with Crippen LogP contribution in [0.5, 0.6) is 0 Å². The fourth-order valence-electron chi connectivity index (χ4n) is 3.89. The van der Waals surface area contributed by atoms with Gasteiger partial charge in [0.15, 0.2) is 0 Å². The van der Waals surface area contributed by atoms with Gasteiger partial charge in [-0.2, -0.15) is 0 Å². The zero-order valence-corrected chi connectivity index (χ0v) is 20.6. The first kappa shape index (κ1) is 22.1. The van der Waals surface area contributed by atoms with Gasteiger partial charge in [0.1, 0.15) is 0 Å². The minimum atomic E-state index is -5.01. The average Bonchev–Trinajstić information content (AvgIpc) is 2.51. The van der Waals surface area contributed by atoms with Crippen LogP contribution >= 0.6 is 0 Å². The van der Waals surface area contributed by atoms with Gasteiger partial charge in [0.2, 0.25) is 0 Å². The van der Waals surface area contributed by atoms with Crippen molar-refractivity contribution in [1.82, 2.24) is 0 Å². The molecule has 0 amide bonds. The number of hydrogen-bond donors (Lipinski definition) is 0. The molecule has 0 fully saturated rings. The Balaban J connectivity index is 2.96. The second kappa shape index (κ2) is 8.06. The van der Waals surface area contributed by atoms with Gasteiger partial charge in [-0.1, -0.05) is 0 Å². The number of rotatable bonds is 5. The standard InChI is InChI=1S/C24H34O2Te/c1-14(2)20-12-21(15(3)4)24(22(13-20)16(5)6)27(25,26)23-18(8)10-17(7)11-19(23)9/h10-16H,1-9H3. The molecular weight excluding hydrogens is 448 g/mol. The molecule has 0 aliphatic carbocycles. The van der Waals surface area contributed by atoms with E-state index >= 15 is 0 Å². The number of aryl methyl sites for hydroxylation is 3. The van der Waals surface area contributed by atoms with Crippen LogP contribution in [0.2, 0.25) is 0 Å². The van der Waals surface area contributed by atoms with Crippen LogP contribution in [0.1, 0.15) is 92.7 Å². The van der Waals surface area contributed by atoms with Crippen LogP contribution in [0.3, 0.4) is 0 Å². The molecule has 0 atom stereocenters. The van der Waals surface area contributed by atoms with Gasteiger partial charge in [-0.15, -0.1) is 0 Å². The van der Waals surface area contributed by atoms with Crippen molar-refractivity contribution in [3.05, 3.63) is 57.6 Å². The van der Waals surface area contributed by atoms with Crippen LogP contribution in [0.4, 0.5) is 0 Å². The Morgan fingerprint density at radius 2 is 1.04 bits per heavy atom. The molecule has 0 aliphatic heterocycles. The Bertz CT molecular complexity index is 896. The third-order valence-electron chi connectivity index (χ3n) is 5.22. The first-order valence-electron chi connectivity index (χ1n) is 9.88. The van der Waals surface area contributed by atoms with Crippen LogP contribution in [0, 0.1) is 20.8 Å². The van der Waals surface area contributed by atoms with E-state index in [4.69, 9.17) is 0 Å². The van der Waals surface area contributed by atoms with Crippen molar-refractivity contribution in [2.45, 2.75) is 80.1 Å². The molecule has 0 bridgehead atoms. The predicted octanol–water partition coefficient (Wildman–Crippen LogP) is 5.40. The molecule has 27 heavy (non-hydrogen) atoms. The number of hydrogen-bond acceptors (Lipinski definition) is 2. The quantitative estimate of drug-likeness (QED) is 0.536. The Labute approximate surface area is 169 Å². The Kier molecular flexibility index (Phi) is 6.60. The van der Waals surface area contributed by atoms with Gasteiger partial charge in [-0.05, 0) is 0 Å². The average molecular weight is 482 g/mol. The van der Waals surface area contributed by atoms with Gasteiger partial charge >= 0.3 is 169 Å². The van der Waals surface area contributed by atoms with Crippen molar-refractivity contribution in [3.8, 4) is 0 Å². The summed E-state index contributed by atoms with van der Waals surface area (Å²) in [4.78, 5) is 0. The van der Waals surface area contributed by atoms with E-state index in [2.05, 4.69) is 53.7 Å². The van der Waals surface area contributed by atoms with E-state index in [1.54, 1.807) is 0 Å². The predicted molar refractivity (Wildman–Crippen MR) is 116 cm³/mol. The van der Waals surface area contributed by atoms with Crippen LogP contribution < -0.4 is 7.22 Å². The van der Waals surface area contributed by atoms with E-state index in [1.165, 1.54) is 5.56 Å². The molecule has 2 nitrogen and oxygen atoms in total. The van der Waals surface area contributed by atoms with Gasteiger partial charge in [0, 0.05) is 0 Å². The molecule has 0 radical (unpaired) electrons. The first-order chi connectivity index (χ1) is 12.4. The van der Waals surface area contributed by atoms with E-state index in [0.29, 0.717) is 13.1 Å². The van der Waals surface area contributed by atoms with E-state index in [1.807, 2.05) is 32.9 Å². The summed E-state index contributed by atoms with van der Waals surface area (Å²) in [6.07, 6.45) is 0. The monoisotopic (exact) mass is 484 g/mol. The summed E-state index contributed by atoms with van der Waals surface area (Å²) in [5.74, 6) is 0.698. The molecular formula is C24H34O2Te. The molecule has 0 saturated carbocycles. The summed E-state index contributed by atoms with van der Waals surface area (Å²) in [5.41, 5.74) is 6.04. The van der Waals surface area contributed by atoms with Gasteiger partial charge in [0.05, 0.1) is 0 Å². The molecule has 0 unspecified atom stereocenters. The summed E-state index contributed by atoms with van der Waals surface area (Å²) in [6, 6.07) is 8.24. The zero-order chi connectivity index (χ0) is 20.7. The summed E-state index contributed by atoms with van der Waals surface area (Å²) in [5, 5.41) is 0. The van der Waals surface area contributed by atoms with Crippen molar-refractivity contribution in [2.75, 3.05) is 0 Å². The van der Waals surface area contributed by atoms with Gasteiger partial charge in [0.25, 0.3) is 0 Å². The van der Waals surface area contributed by atoms with Crippen molar-refractivity contribution >= 4 is 25.4 Å². The molecule has 0 heterocycles. The Hall–Kier alpha value is -1.17. The summed E-state index contributed by atoms with van der Waals surface area (Å²) in [7, 11) is 0. The zero-order valence-electron chi connectivity index (χ0n) is 18.3. The molecule has 2 aromatic rings. The molecule has 0 aromatic heterocycles. The summed E-state index contributed by atoms with van der Waals surface area (Å²) < 4.78 is 29.3. The molecule has 0 N–H and O–H groups in total. The maximum absolute atomic E-state index is 14.0. The van der Waals surface area contributed by atoms with E-state index in [9.17, 15) is 6.21 Å². The fourth-order valence-corrected chi connectivity index (χ4v) is 10.7. The van der Waals surface area contributed by atoms with Crippen LogP contribution in [-0.2, 0) is 6.21 Å². The van der Waals surface area contributed by atoms with Crippen LogP contribution in [0.25, 0.3) is 0 Å². The molecule has 3 heteroatoms. The van der Waals surface area contributed by atoms with Gasteiger partial charge in [-0.3, -0.25) is 0 Å². The van der Waals surface area contributed by atoms with Crippen molar-refractivity contribution in [3.63, 3.8) is 0 Å². The van der Waals surface area contributed by atoms with E-state index < -0.39 is 18.1 Å². The van der Waals surface area contributed by atoms with E-state index in [0.717, 1.165) is 27.8 Å². The molecule has 2 aromatic carbocycles. The first-order valence-corrected chi connectivity index (χ1v) is 14.1. The van der Waals surface area contributed by atoms with Crippen molar-refractivity contribution in [2.24, 2.45) is 0 Å². The van der Waals surface area contributed by atoms with Crippen molar-refractivity contribution < 1.29 is 6.21 Å². The fraction of sp³-hybridized carbons (Fsp3) is 0.500. The van der Waals surface area contributed by atoms with E-state index in [-0.39, 0.29) is 11.8 Å². The second-order valence-electron chi connectivity index (χ2n) is 8.72. The third kappa shape index (κ3) is 4.30. The molecule has 0 aliphatic rings. The molecule has 2 rings (SSSR count). The SMILES string of the molecule is Cc1cc(C)c([Te](=O)(=O)c2c(C(C)C)cc(C(C)C)cc2C(C)C)c(C)c1. The number of benzene rings is 2. The Morgan fingerprint density at radius 1 is 0.630 bits per heavy atom. The molecule has 148 valence electrons. The summed E-state index contributed by atoms with van der Waals surface area (Å²) >= 11 is -5.01. The maximum atomic E-state index is 14.0. The van der Waals surface area contributed by atoms with Gasteiger partial charge in [-0.25, -0.2) is 0 Å². The van der Waals surface area contributed by atoms with Crippen LogP contribution in [0.15, 0.2) is 24.3 Å². The summed E-state index contributed by atoms with van der Waals surface area (Å²) in [6.45, 7) is 18.6. The Morgan fingerprint density at radius 3 is 1.37 bits per heavy atom. The second-order valence-corrected chi connectivity index (χ2v) is 13.9. The normalized spacial score (nSPS) is 12.4. The van der Waals surface area contributed by atoms with Crippen LogP contribution in [-0.4, -0.2) is 18.1 Å². The minimum absolute atomic E-state index is 0.163. The molecule has 0 saturated heterocycles.